The number of nitrogens with zero attached hydrogens (tertiary/aromatic N) is 2. The molecule has 7 heteroatoms. The zero-order chi connectivity index (χ0) is 12.4. The van der Waals surface area contributed by atoms with Crippen LogP contribution in [-0.4, -0.2) is 32.6 Å². The van der Waals surface area contributed by atoms with Crippen LogP contribution in [0.4, 0.5) is 0 Å². The first kappa shape index (κ1) is 11.7. The molecular formula is C10H13N4O2S+. The molecule has 0 saturated carbocycles. The highest BCUT2D eigenvalue weighted by Crippen LogP contribution is 2.21. The first-order valence-corrected chi connectivity index (χ1v) is 5.55. The second-order valence-corrected chi connectivity index (χ2v) is 4.17. The van der Waals surface area contributed by atoms with Gasteiger partial charge in [-0.25, -0.2) is 10.2 Å². The summed E-state index contributed by atoms with van der Waals surface area (Å²) in [6.07, 6.45) is 3.75. The molecule has 0 saturated heterocycles. The first-order valence-electron chi connectivity index (χ1n) is 5.14. The first-order chi connectivity index (χ1) is 8.13. The van der Waals surface area contributed by atoms with Gasteiger partial charge in [0.25, 0.3) is 0 Å². The number of aromatic nitrogens is 1. The molecular weight excluding hydrogens is 240 g/mol. The lowest BCUT2D eigenvalue weighted by Gasteiger charge is -2.29. The zero-order valence-corrected chi connectivity index (χ0v) is 9.96. The van der Waals surface area contributed by atoms with Gasteiger partial charge in [-0.1, -0.05) is 0 Å². The Kier molecular flexibility index (Phi) is 3.21. The van der Waals surface area contributed by atoms with Crippen LogP contribution < -0.4 is 11.3 Å². The predicted molar refractivity (Wildman–Crippen MR) is 63.9 cm³/mol. The molecule has 1 aromatic rings. The Morgan fingerprint density at radius 1 is 1.59 bits per heavy atom. The summed E-state index contributed by atoms with van der Waals surface area (Å²) in [6, 6.07) is 0. The number of fused-ring (bicyclic) bond motifs is 1. The number of hydrogen-bond donors (Lipinski definition) is 3. The number of carboxylic acids is 1. The van der Waals surface area contributed by atoms with Gasteiger partial charge in [-0.3, -0.25) is 10.8 Å². The van der Waals surface area contributed by atoms with E-state index in [-0.39, 0.29) is 5.56 Å². The molecule has 0 fully saturated rings. The quantitative estimate of drug-likeness (QED) is 0.447. The third-order valence-corrected chi connectivity index (χ3v) is 3.21. The van der Waals surface area contributed by atoms with Crippen molar-refractivity contribution >= 4 is 23.3 Å². The molecule has 0 radical (unpaired) electrons. The van der Waals surface area contributed by atoms with Crippen LogP contribution in [0.2, 0.25) is 0 Å². The minimum atomic E-state index is -0.930. The summed E-state index contributed by atoms with van der Waals surface area (Å²) < 4.78 is 0. The summed E-state index contributed by atoms with van der Waals surface area (Å²) in [7, 11) is 0. The lowest BCUT2D eigenvalue weighted by atomic mass is 9.97. The molecule has 17 heavy (non-hydrogen) atoms. The maximum atomic E-state index is 11.0. The molecule has 6 nitrogen and oxygen atoms in total. The number of thiocarbonyl (C=S) groups is 1. The van der Waals surface area contributed by atoms with E-state index in [1.807, 2.05) is 4.90 Å². The van der Waals surface area contributed by atoms with E-state index in [0.29, 0.717) is 24.6 Å². The van der Waals surface area contributed by atoms with E-state index >= 15 is 0 Å². The number of rotatable bonds is 1. The normalized spacial score (nSPS) is 14.1. The Bertz CT molecular complexity index is 477. The van der Waals surface area contributed by atoms with Gasteiger partial charge in [-0.05, 0) is 29.8 Å². The molecule has 0 unspecified atom stereocenters. The largest absolute Gasteiger partial charge is 0.478 e. The highest BCUT2D eigenvalue weighted by Gasteiger charge is 2.23. The summed E-state index contributed by atoms with van der Waals surface area (Å²) >= 11 is 5.10. The van der Waals surface area contributed by atoms with Crippen molar-refractivity contribution in [3.63, 3.8) is 0 Å². The van der Waals surface area contributed by atoms with Gasteiger partial charge in [0.1, 0.15) is 0 Å². The number of carbonyl (C=O) groups is 1. The van der Waals surface area contributed by atoms with Crippen molar-refractivity contribution in [3.8, 4) is 0 Å². The van der Waals surface area contributed by atoms with Crippen molar-refractivity contribution in [2.75, 3.05) is 6.54 Å². The third kappa shape index (κ3) is 2.20. The Hall–Kier alpha value is -1.73. The van der Waals surface area contributed by atoms with Crippen LogP contribution in [0.5, 0.6) is 0 Å². The highest BCUT2D eigenvalue weighted by molar-refractivity contribution is 7.80. The van der Waals surface area contributed by atoms with Gasteiger partial charge in [-0.2, -0.15) is 0 Å². The average Bonchev–Trinajstić information content (AvgIpc) is 2.36. The summed E-state index contributed by atoms with van der Waals surface area (Å²) in [5.41, 5.74) is 4.73. The van der Waals surface area contributed by atoms with E-state index in [1.165, 1.54) is 6.20 Å². The van der Waals surface area contributed by atoms with Crippen molar-refractivity contribution in [2.24, 2.45) is 0 Å². The van der Waals surface area contributed by atoms with Crippen LogP contribution in [0.15, 0.2) is 12.4 Å². The molecule has 5 N–H and O–H groups in total. The number of carboxylic acid groups (broad SMARTS) is 1. The summed E-state index contributed by atoms with van der Waals surface area (Å²) in [6.45, 7) is 1.27. The summed E-state index contributed by atoms with van der Waals surface area (Å²) in [4.78, 5) is 16.9. The standard InChI is InChI=1S/C10H12N4O2S/c11-13-10(17)14-2-1-7-6(5-14)3-12-4-8(7)9(15)16/h3-4H,1-2,5,11H2,(H,13,17)(H,15,16)/p+1. The van der Waals surface area contributed by atoms with E-state index in [0.717, 1.165) is 11.1 Å². The fourth-order valence-electron chi connectivity index (χ4n) is 1.96. The molecule has 1 aromatic heterocycles. The Labute approximate surface area is 103 Å². The third-order valence-electron chi connectivity index (χ3n) is 2.81. The molecule has 0 bridgehead atoms. The molecule has 90 valence electrons. The molecule has 0 amide bonds. The fraction of sp³-hybridized carbons (Fsp3) is 0.300. The van der Waals surface area contributed by atoms with Crippen LogP contribution in [0.25, 0.3) is 0 Å². The van der Waals surface area contributed by atoms with Gasteiger partial charge >= 0.3 is 5.97 Å². The topological polar surface area (TPSA) is 93.1 Å². The Morgan fingerprint density at radius 3 is 3.00 bits per heavy atom. The Morgan fingerprint density at radius 2 is 2.35 bits per heavy atom. The van der Waals surface area contributed by atoms with E-state index in [9.17, 15) is 4.79 Å². The number of nitrogens with one attached hydrogen (secondary N) is 1. The SMILES string of the molecule is [NH3+]NC(=S)N1CCc2c(cncc2C(=O)O)C1. The van der Waals surface area contributed by atoms with Crippen molar-refractivity contribution in [1.82, 2.24) is 15.3 Å². The summed E-state index contributed by atoms with van der Waals surface area (Å²) in [5.74, 6) is 2.59. The second-order valence-electron chi connectivity index (χ2n) is 3.78. The van der Waals surface area contributed by atoms with Gasteiger partial charge in [0.15, 0.2) is 0 Å². The van der Waals surface area contributed by atoms with E-state index in [1.54, 1.807) is 6.20 Å². The molecule has 1 aliphatic heterocycles. The van der Waals surface area contributed by atoms with Gasteiger partial charge in [0.05, 0.1) is 5.56 Å². The minimum Gasteiger partial charge on any atom is -0.478 e. The minimum absolute atomic E-state index is 0.288. The molecule has 2 rings (SSSR count). The molecule has 0 spiro atoms. The fourth-order valence-corrected chi connectivity index (χ4v) is 2.12. The van der Waals surface area contributed by atoms with Crippen LogP contribution in [0.1, 0.15) is 21.5 Å². The van der Waals surface area contributed by atoms with Gasteiger partial charge in [0.2, 0.25) is 5.11 Å². The molecule has 0 atom stereocenters. The summed E-state index contributed by atoms with van der Waals surface area (Å²) in [5, 5.41) is 9.63. The van der Waals surface area contributed by atoms with Crippen molar-refractivity contribution < 1.29 is 15.7 Å². The number of quaternary nitrogens is 1. The van der Waals surface area contributed by atoms with Crippen LogP contribution in [-0.2, 0) is 13.0 Å². The van der Waals surface area contributed by atoms with E-state index in [2.05, 4.69) is 16.3 Å². The maximum absolute atomic E-state index is 11.0. The van der Waals surface area contributed by atoms with Crippen molar-refractivity contribution in [1.29, 1.82) is 0 Å². The van der Waals surface area contributed by atoms with Crippen LogP contribution >= 0.6 is 12.2 Å². The smallest absolute Gasteiger partial charge is 0.337 e. The monoisotopic (exact) mass is 253 g/mol. The predicted octanol–water partition coefficient (Wildman–Crippen LogP) is -0.831. The highest BCUT2D eigenvalue weighted by atomic mass is 32.1. The maximum Gasteiger partial charge on any atom is 0.337 e. The lowest BCUT2D eigenvalue weighted by molar-refractivity contribution is -0.420. The molecule has 2 heterocycles. The van der Waals surface area contributed by atoms with Crippen molar-refractivity contribution in [2.45, 2.75) is 13.0 Å². The number of hydrogen-bond acceptors (Lipinski definition) is 3. The second kappa shape index (κ2) is 4.64. The molecule has 1 aliphatic rings. The van der Waals surface area contributed by atoms with Crippen molar-refractivity contribution in [3.05, 3.63) is 29.1 Å². The van der Waals surface area contributed by atoms with E-state index < -0.39 is 5.97 Å². The molecule has 0 aliphatic carbocycles. The van der Waals surface area contributed by atoms with Gasteiger partial charge in [0, 0.05) is 25.5 Å². The van der Waals surface area contributed by atoms with Crippen LogP contribution in [0.3, 0.4) is 0 Å². The lowest BCUT2D eigenvalue weighted by Crippen LogP contribution is -2.69. The number of pyridine rings is 1. The molecule has 0 aromatic carbocycles. The van der Waals surface area contributed by atoms with Crippen LogP contribution in [0, 0.1) is 0 Å². The van der Waals surface area contributed by atoms with E-state index in [4.69, 9.17) is 17.3 Å². The van der Waals surface area contributed by atoms with Gasteiger partial charge < -0.3 is 10.0 Å². The Balaban J connectivity index is 2.31. The van der Waals surface area contributed by atoms with Gasteiger partial charge in [-0.15, -0.1) is 0 Å². The number of aromatic carboxylic acids is 1. The zero-order valence-electron chi connectivity index (χ0n) is 9.14. The average molecular weight is 253 g/mol.